The summed E-state index contributed by atoms with van der Waals surface area (Å²) >= 11 is 4.82. The SMILES string of the molecule is CCc1ccccc1OCc1ccc(F)c(C(N)=S)c1. The second-order valence-electron chi connectivity index (χ2n) is 4.43. The molecule has 2 aromatic rings. The number of para-hydroxylation sites is 1. The van der Waals surface area contributed by atoms with Gasteiger partial charge in [0.1, 0.15) is 23.2 Å². The van der Waals surface area contributed by atoms with Crippen LogP contribution in [-0.2, 0) is 13.0 Å². The Morgan fingerprint density at radius 1 is 1.25 bits per heavy atom. The molecule has 0 atom stereocenters. The zero-order valence-electron chi connectivity index (χ0n) is 11.2. The lowest BCUT2D eigenvalue weighted by atomic mass is 10.1. The van der Waals surface area contributed by atoms with Crippen molar-refractivity contribution in [2.45, 2.75) is 20.0 Å². The first-order chi connectivity index (χ1) is 9.61. The highest BCUT2D eigenvalue weighted by molar-refractivity contribution is 7.80. The van der Waals surface area contributed by atoms with E-state index in [2.05, 4.69) is 6.92 Å². The molecule has 0 aliphatic rings. The molecule has 0 aliphatic heterocycles. The lowest BCUT2D eigenvalue weighted by Crippen LogP contribution is -2.12. The van der Waals surface area contributed by atoms with Gasteiger partial charge in [-0.25, -0.2) is 4.39 Å². The zero-order chi connectivity index (χ0) is 14.5. The van der Waals surface area contributed by atoms with E-state index in [0.717, 1.165) is 23.3 Å². The summed E-state index contributed by atoms with van der Waals surface area (Å²) in [7, 11) is 0. The van der Waals surface area contributed by atoms with E-state index < -0.39 is 5.82 Å². The van der Waals surface area contributed by atoms with Crippen molar-refractivity contribution in [2.75, 3.05) is 0 Å². The zero-order valence-corrected chi connectivity index (χ0v) is 12.0. The third kappa shape index (κ3) is 3.33. The number of rotatable bonds is 5. The monoisotopic (exact) mass is 289 g/mol. The third-order valence-electron chi connectivity index (χ3n) is 3.04. The van der Waals surface area contributed by atoms with E-state index in [0.29, 0.717) is 6.61 Å². The first-order valence-electron chi connectivity index (χ1n) is 6.40. The molecule has 0 fully saturated rings. The molecule has 0 saturated carbocycles. The van der Waals surface area contributed by atoms with E-state index in [9.17, 15) is 4.39 Å². The van der Waals surface area contributed by atoms with Crippen LogP contribution < -0.4 is 10.5 Å². The first kappa shape index (κ1) is 14.5. The third-order valence-corrected chi connectivity index (χ3v) is 3.26. The van der Waals surface area contributed by atoms with Gasteiger partial charge >= 0.3 is 0 Å². The summed E-state index contributed by atoms with van der Waals surface area (Å²) in [6.45, 7) is 2.43. The van der Waals surface area contributed by atoms with E-state index in [4.69, 9.17) is 22.7 Å². The molecule has 0 amide bonds. The maximum absolute atomic E-state index is 13.5. The van der Waals surface area contributed by atoms with Crippen molar-refractivity contribution in [2.24, 2.45) is 5.73 Å². The fourth-order valence-electron chi connectivity index (χ4n) is 1.95. The van der Waals surface area contributed by atoms with E-state index >= 15 is 0 Å². The van der Waals surface area contributed by atoms with Crippen molar-refractivity contribution in [1.82, 2.24) is 0 Å². The van der Waals surface area contributed by atoms with Gasteiger partial charge in [0.05, 0.1) is 0 Å². The lowest BCUT2D eigenvalue weighted by molar-refractivity contribution is 0.303. The van der Waals surface area contributed by atoms with Crippen molar-refractivity contribution in [3.63, 3.8) is 0 Å². The molecule has 2 rings (SSSR count). The highest BCUT2D eigenvalue weighted by atomic mass is 32.1. The summed E-state index contributed by atoms with van der Waals surface area (Å²) in [5.41, 5.74) is 7.72. The standard InChI is InChI=1S/C16H16FNOS/c1-2-12-5-3-4-6-15(12)19-10-11-7-8-14(17)13(9-11)16(18)20/h3-9H,2,10H2,1H3,(H2,18,20). The van der Waals surface area contributed by atoms with E-state index in [1.165, 1.54) is 6.07 Å². The smallest absolute Gasteiger partial charge is 0.133 e. The molecule has 0 radical (unpaired) electrons. The molecule has 0 aliphatic carbocycles. The van der Waals surface area contributed by atoms with Crippen LogP contribution in [-0.4, -0.2) is 4.99 Å². The van der Waals surface area contributed by atoms with Crippen molar-refractivity contribution in [1.29, 1.82) is 0 Å². The molecule has 0 heterocycles. The Morgan fingerprint density at radius 2 is 2.00 bits per heavy atom. The summed E-state index contributed by atoms with van der Waals surface area (Å²) in [5, 5.41) is 0. The Labute approximate surface area is 123 Å². The Morgan fingerprint density at radius 3 is 2.70 bits per heavy atom. The lowest BCUT2D eigenvalue weighted by Gasteiger charge is -2.11. The Hall–Kier alpha value is -1.94. The maximum Gasteiger partial charge on any atom is 0.133 e. The molecule has 0 bridgehead atoms. The highest BCUT2D eigenvalue weighted by Gasteiger charge is 2.07. The number of hydrogen-bond acceptors (Lipinski definition) is 2. The molecular formula is C16H16FNOS. The quantitative estimate of drug-likeness (QED) is 0.854. The van der Waals surface area contributed by atoms with Crippen LogP contribution in [0.25, 0.3) is 0 Å². The van der Waals surface area contributed by atoms with Crippen molar-refractivity contribution in [3.05, 3.63) is 65.0 Å². The van der Waals surface area contributed by atoms with Crippen LogP contribution in [0.1, 0.15) is 23.6 Å². The van der Waals surface area contributed by atoms with Crippen LogP contribution in [0, 0.1) is 5.82 Å². The van der Waals surface area contributed by atoms with Crippen LogP contribution >= 0.6 is 12.2 Å². The average molecular weight is 289 g/mol. The van der Waals surface area contributed by atoms with Gasteiger partial charge in [0.2, 0.25) is 0 Å². The van der Waals surface area contributed by atoms with Gasteiger partial charge in [-0.2, -0.15) is 0 Å². The molecule has 0 unspecified atom stereocenters. The van der Waals surface area contributed by atoms with Crippen LogP contribution in [0.3, 0.4) is 0 Å². The maximum atomic E-state index is 13.5. The van der Waals surface area contributed by atoms with Crippen LogP contribution in [0.4, 0.5) is 4.39 Å². The molecule has 2 nitrogen and oxygen atoms in total. The van der Waals surface area contributed by atoms with E-state index in [-0.39, 0.29) is 10.6 Å². The van der Waals surface area contributed by atoms with Crippen LogP contribution in [0.15, 0.2) is 42.5 Å². The van der Waals surface area contributed by atoms with Gasteiger partial charge in [-0.15, -0.1) is 0 Å². The predicted octanol–water partition coefficient (Wildman–Crippen LogP) is 3.60. The molecule has 20 heavy (non-hydrogen) atoms. The molecule has 0 spiro atoms. The normalized spacial score (nSPS) is 10.3. The second-order valence-corrected chi connectivity index (χ2v) is 4.87. The molecule has 0 aromatic heterocycles. The molecule has 0 saturated heterocycles. The first-order valence-corrected chi connectivity index (χ1v) is 6.81. The van der Waals surface area contributed by atoms with E-state index in [1.807, 2.05) is 24.3 Å². The highest BCUT2D eigenvalue weighted by Crippen LogP contribution is 2.20. The minimum absolute atomic E-state index is 0.0540. The van der Waals surface area contributed by atoms with Gasteiger partial charge in [-0.1, -0.05) is 43.4 Å². The number of nitrogens with two attached hydrogens (primary N) is 1. The Bertz CT molecular complexity index is 628. The average Bonchev–Trinajstić information content (AvgIpc) is 2.46. The van der Waals surface area contributed by atoms with Gasteiger partial charge in [0.25, 0.3) is 0 Å². The summed E-state index contributed by atoms with van der Waals surface area (Å²) in [5.74, 6) is 0.436. The summed E-state index contributed by atoms with van der Waals surface area (Å²) in [6.07, 6.45) is 0.901. The minimum atomic E-state index is -0.407. The Balaban J connectivity index is 2.15. The largest absolute Gasteiger partial charge is 0.489 e. The summed E-state index contributed by atoms with van der Waals surface area (Å²) in [6, 6.07) is 12.5. The molecule has 2 N–H and O–H groups in total. The van der Waals surface area contributed by atoms with Crippen molar-refractivity contribution >= 4 is 17.2 Å². The van der Waals surface area contributed by atoms with Gasteiger partial charge in [0.15, 0.2) is 0 Å². The number of hydrogen-bond donors (Lipinski definition) is 1. The van der Waals surface area contributed by atoms with Crippen LogP contribution in [0.5, 0.6) is 5.75 Å². The summed E-state index contributed by atoms with van der Waals surface area (Å²) in [4.78, 5) is 0.0540. The number of halogens is 1. The van der Waals surface area contributed by atoms with Crippen molar-refractivity contribution < 1.29 is 9.13 Å². The Kier molecular flexibility index (Phi) is 4.69. The number of aryl methyl sites for hydroxylation is 1. The summed E-state index contributed by atoms with van der Waals surface area (Å²) < 4.78 is 19.3. The van der Waals surface area contributed by atoms with Crippen LogP contribution in [0.2, 0.25) is 0 Å². The number of ether oxygens (including phenoxy) is 1. The second kappa shape index (κ2) is 6.48. The molecule has 2 aromatic carbocycles. The number of benzene rings is 2. The molecular weight excluding hydrogens is 273 g/mol. The van der Waals surface area contributed by atoms with Crippen molar-refractivity contribution in [3.8, 4) is 5.75 Å². The topological polar surface area (TPSA) is 35.2 Å². The minimum Gasteiger partial charge on any atom is -0.489 e. The fourth-order valence-corrected chi connectivity index (χ4v) is 2.11. The van der Waals surface area contributed by atoms with Gasteiger partial charge in [-0.3, -0.25) is 0 Å². The predicted molar refractivity (Wildman–Crippen MR) is 82.4 cm³/mol. The molecule has 104 valence electrons. The van der Waals surface area contributed by atoms with E-state index in [1.54, 1.807) is 12.1 Å². The van der Waals surface area contributed by atoms with Gasteiger partial charge < -0.3 is 10.5 Å². The molecule has 4 heteroatoms. The fraction of sp³-hybridized carbons (Fsp3) is 0.188. The number of thiocarbonyl (C=S) groups is 1. The van der Waals surface area contributed by atoms with Gasteiger partial charge in [-0.05, 0) is 35.7 Å². The van der Waals surface area contributed by atoms with Gasteiger partial charge in [0, 0.05) is 5.56 Å².